The molecule has 3 aromatic rings. The Morgan fingerprint density at radius 3 is 2.44 bits per heavy atom. The first-order chi connectivity index (χ1) is 12.0. The maximum absolute atomic E-state index is 13.1. The summed E-state index contributed by atoms with van der Waals surface area (Å²) in [5.74, 6) is 0.0758. The summed E-state index contributed by atoms with van der Waals surface area (Å²) in [5, 5.41) is 11.0. The van der Waals surface area contributed by atoms with Gasteiger partial charge in [-0.15, -0.1) is 10.2 Å². The van der Waals surface area contributed by atoms with Crippen LogP contribution in [0.5, 0.6) is 0 Å². The molecule has 128 valence electrons. The number of carbonyl (C=O) groups is 1. The van der Waals surface area contributed by atoms with Gasteiger partial charge >= 0.3 is 0 Å². The Bertz CT molecular complexity index is 829. The smallest absolute Gasteiger partial charge is 0.272 e. The summed E-state index contributed by atoms with van der Waals surface area (Å²) in [6, 6.07) is 9.18. The molecule has 0 bridgehead atoms. The monoisotopic (exact) mass is 339 g/mol. The van der Waals surface area contributed by atoms with Crippen LogP contribution < -0.4 is 5.32 Å². The maximum Gasteiger partial charge on any atom is 0.272 e. The normalized spacial score (nSPS) is 12.2. The third kappa shape index (κ3) is 3.88. The summed E-state index contributed by atoms with van der Waals surface area (Å²) >= 11 is 0. The summed E-state index contributed by atoms with van der Waals surface area (Å²) < 4.78 is 14.8. The quantitative estimate of drug-likeness (QED) is 0.776. The zero-order chi connectivity index (χ0) is 17.8. The lowest BCUT2D eigenvalue weighted by Gasteiger charge is -2.22. The Labute approximate surface area is 144 Å². The Balaban J connectivity index is 1.76. The van der Waals surface area contributed by atoms with Gasteiger partial charge in [-0.25, -0.2) is 9.37 Å². The molecule has 0 aliphatic rings. The fourth-order valence-corrected chi connectivity index (χ4v) is 2.50. The van der Waals surface area contributed by atoms with Crippen LogP contribution in [-0.4, -0.2) is 25.7 Å². The third-order valence-electron chi connectivity index (χ3n) is 3.83. The van der Waals surface area contributed by atoms with E-state index in [4.69, 9.17) is 0 Å². The van der Waals surface area contributed by atoms with E-state index in [0.717, 1.165) is 5.56 Å². The fraction of sp³-hybridized carbons (Fsp3) is 0.222. The molecule has 1 atom stereocenters. The third-order valence-corrected chi connectivity index (χ3v) is 3.83. The van der Waals surface area contributed by atoms with Crippen LogP contribution in [0, 0.1) is 11.7 Å². The maximum atomic E-state index is 13.1. The molecule has 2 heterocycles. The zero-order valence-electron chi connectivity index (χ0n) is 13.9. The van der Waals surface area contributed by atoms with E-state index in [1.54, 1.807) is 47.6 Å². The molecule has 7 heteroatoms. The largest absolute Gasteiger partial charge is 0.344 e. The molecule has 0 fully saturated rings. The molecule has 6 nitrogen and oxygen atoms in total. The summed E-state index contributed by atoms with van der Waals surface area (Å²) in [7, 11) is 0. The van der Waals surface area contributed by atoms with Crippen molar-refractivity contribution in [3.8, 4) is 5.82 Å². The predicted octanol–water partition coefficient (Wildman–Crippen LogP) is 2.93. The second-order valence-corrected chi connectivity index (χ2v) is 5.99. The lowest BCUT2D eigenvalue weighted by atomic mass is 9.96. The van der Waals surface area contributed by atoms with Gasteiger partial charge in [0.2, 0.25) is 0 Å². The molecule has 0 radical (unpaired) electrons. The van der Waals surface area contributed by atoms with Crippen LogP contribution in [0.3, 0.4) is 0 Å². The Hall–Kier alpha value is -3.09. The summed E-state index contributed by atoms with van der Waals surface area (Å²) in [6.45, 7) is 3.98. The van der Waals surface area contributed by atoms with E-state index < -0.39 is 0 Å². The highest BCUT2D eigenvalue weighted by Crippen LogP contribution is 2.22. The predicted molar refractivity (Wildman–Crippen MR) is 90.6 cm³/mol. The Morgan fingerprint density at radius 2 is 1.88 bits per heavy atom. The van der Waals surface area contributed by atoms with Gasteiger partial charge in [-0.05, 0) is 35.7 Å². The first-order valence-electron chi connectivity index (χ1n) is 7.93. The summed E-state index contributed by atoms with van der Waals surface area (Å²) in [4.78, 5) is 16.4. The Morgan fingerprint density at radius 1 is 1.12 bits per heavy atom. The molecule has 0 saturated heterocycles. The molecule has 1 N–H and O–H groups in total. The number of nitrogens with zero attached hydrogens (tertiary/aromatic N) is 4. The first kappa shape index (κ1) is 16.8. The van der Waals surface area contributed by atoms with Crippen molar-refractivity contribution < 1.29 is 9.18 Å². The van der Waals surface area contributed by atoms with Gasteiger partial charge in [-0.3, -0.25) is 9.36 Å². The van der Waals surface area contributed by atoms with Crippen molar-refractivity contribution in [2.24, 2.45) is 5.92 Å². The van der Waals surface area contributed by atoms with Crippen LogP contribution in [0.15, 0.2) is 55.1 Å². The van der Waals surface area contributed by atoms with Crippen molar-refractivity contribution in [1.29, 1.82) is 0 Å². The van der Waals surface area contributed by atoms with Gasteiger partial charge in [0.25, 0.3) is 5.91 Å². The average molecular weight is 339 g/mol. The number of carbonyl (C=O) groups excluding carboxylic acids is 1. The van der Waals surface area contributed by atoms with Gasteiger partial charge < -0.3 is 5.32 Å². The average Bonchev–Trinajstić information content (AvgIpc) is 3.15. The number of halogens is 1. The van der Waals surface area contributed by atoms with Gasteiger partial charge in [0.05, 0.1) is 6.04 Å². The van der Waals surface area contributed by atoms with Gasteiger partial charge in [0.15, 0.2) is 11.5 Å². The van der Waals surface area contributed by atoms with Crippen molar-refractivity contribution in [3.63, 3.8) is 0 Å². The van der Waals surface area contributed by atoms with Gasteiger partial charge in [0.1, 0.15) is 12.1 Å². The molecular weight excluding hydrogens is 321 g/mol. The molecular formula is C18H18FN5O. The lowest BCUT2D eigenvalue weighted by molar-refractivity contribution is 0.0919. The number of aromatic nitrogens is 4. The molecule has 0 saturated carbocycles. The highest BCUT2D eigenvalue weighted by Gasteiger charge is 2.20. The Kier molecular flexibility index (Phi) is 4.83. The van der Waals surface area contributed by atoms with Crippen molar-refractivity contribution in [2.45, 2.75) is 19.9 Å². The van der Waals surface area contributed by atoms with E-state index in [2.05, 4.69) is 20.5 Å². The molecule has 1 amide bonds. The van der Waals surface area contributed by atoms with E-state index in [-0.39, 0.29) is 29.4 Å². The number of amides is 1. The zero-order valence-corrected chi connectivity index (χ0v) is 13.9. The molecule has 0 unspecified atom stereocenters. The minimum Gasteiger partial charge on any atom is -0.344 e. The van der Waals surface area contributed by atoms with Gasteiger partial charge in [0, 0.05) is 12.4 Å². The number of benzene rings is 1. The topological polar surface area (TPSA) is 72.7 Å². The van der Waals surface area contributed by atoms with E-state index in [1.165, 1.54) is 12.1 Å². The molecule has 0 aliphatic heterocycles. The van der Waals surface area contributed by atoms with Gasteiger partial charge in [-0.1, -0.05) is 26.0 Å². The van der Waals surface area contributed by atoms with Crippen LogP contribution in [0.25, 0.3) is 5.82 Å². The van der Waals surface area contributed by atoms with Crippen LogP contribution in [0.2, 0.25) is 0 Å². The van der Waals surface area contributed by atoms with Crippen molar-refractivity contribution >= 4 is 5.91 Å². The molecule has 25 heavy (non-hydrogen) atoms. The highest BCUT2D eigenvalue weighted by atomic mass is 19.1. The number of nitrogens with one attached hydrogen (secondary N) is 1. The van der Waals surface area contributed by atoms with Gasteiger partial charge in [-0.2, -0.15) is 0 Å². The first-order valence-corrected chi connectivity index (χ1v) is 7.93. The number of imidazole rings is 1. The lowest BCUT2D eigenvalue weighted by Crippen LogP contribution is -2.32. The SMILES string of the molecule is CC(C)[C@H](NC(=O)c1ccc(-n2ccnc2)nn1)c1ccc(F)cc1. The standard InChI is InChI=1S/C18H18FN5O/c1-12(2)17(13-3-5-14(19)6-4-13)21-18(25)15-7-8-16(23-22-15)24-10-9-20-11-24/h3-12,17H,1-2H3,(H,21,25)/t17-/m0/s1. The minimum absolute atomic E-state index is 0.132. The van der Waals surface area contributed by atoms with E-state index >= 15 is 0 Å². The number of rotatable bonds is 5. The summed E-state index contributed by atoms with van der Waals surface area (Å²) in [6.07, 6.45) is 4.98. The molecule has 1 aromatic carbocycles. The van der Waals surface area contributed by atoms with Crippen molar-refractivity contribution in [3.05, 3.63) is 72.2 Å². The second kappa shape index (κ2) is 7.21. The number of hydrogen-bond acceptors (Lipinski definition) is 4. The van der Waals surface area contributed by atoms with E-state index in [9.17, 15) is 9.18 Å². The van der Waals surface area contributed by atoms with Crippen LogP contribution in [0.1, 0.15) is 35.9 Å². The van der Waals surface area contributed by atoms with Crippen molar-refractivity contribution in [1.82, 2.24) is 25.1 Å². The van der Waals surface area contributed by atoms with Crippen LogP contribution in [0.4, 0.5) is 4.39 Å². The second-order valence-electron chi connectivity index (χ2n) is 5.99. The number of hydrogen-bond donors (Lipinski definition) is 1. The summed E-state index contributed by atoms with van der Waals surface area (Å²) in [5.41, 5.74) is 1.06. The van der Waals surface area contributed by atoms with Crippen molar-refractivity contribution in [2.75, 3.05) is 0 Å². The molecule has 0 aliphatic carbocycles. The molecule has 0 spiro atoms. The fourth-order valence-electron chi connectivity index (χ4n) is 2.50. The highest BCUT2D eigenvalue weighted by molar-refractivity contribution is 5.92. The molecule has 2 aromatic heterocycles. The van der Waals surface area contributed by atoms with E-state index in [0.29, 0.717) is 5.82 Å². The van der Waals surface area contributed by atoms with E-state index in [1.807, 2.05) is 13.8 Å². The molecule has 3 rings (SSSR count). The van der Waals surface area contributed by atoms with Crippen LogP contribution in [-0.2, 0) is 0 Å². The minimum atomic E-state index is -0.326. The van der Waals surface area contributed by atoms with Crippen LogP contribution >= 0.6 is 0 Å².